The highest BCUT2D eigenvalue weighted by atomic mass is 32.1. The molecular weight excluding hydrogens is 675 g/mol. The van der Waals surface area contributed by atoms with Crippen molar-refractivity contribution in [1.82, 2.24) is 15.0 Å². The van der Waals surface area contributed by atoms with Gasteiger partial charge in [0.1, 0.15) is 0 Å². The van der Waals surface area contributed by atoms with Crippen LogP contribution >= 0.6 is 11.3 Å². The fraction of sp³-hybridized carbons (Fsp3) is 0.0200. The molecule has 0 fully saturated rings. The first-order valence-electron chi connectivity index (χ1n) is 18.3. The van der Waals surface area contributed by atoms with Gasteiger partial charge in [0.05, 0.1) is 5.41 Å². The van der Waals surface area contributed by atoms with Gasteiger partial charge >= 0.3 is 0 Å². The van der Waals surface area contributed by atoms with Crippen LogP contribution in [-0.4, -0.2) is 15.0 Å². The molecule has 2 aliphatic rings. The largest absolute Gasteiger partial charge is 0.208 e. The number of benzene rings is 7. The lowest BCUT2D eigenvalue weighted by molar-refractivity contribution is 0.798. The number of rotatable bonds is 5. The number of aromatic nitrogens is 3. The minimum Gasteiger partial charge on any atom is -0.208 e. The summed E-state index contributed by atoms with van der Waals surface area (Å²) >= 11 is 1.90. The summed E-state index contributed by atoms with van der Waals surface area (Å²) in [5.41, 5.74) is 15.2. The van der Waals surface area contributed by atoms with E-state index in [2.05, 4.69) is 152 Å². The molecule has 0 bridgehead atoms. The number of hydrogen-bond acceptors (Lipinski definition) is 4. The van der Waals surface area contributed by atoms with Crippen LogP contribution in [0.15, 0.2) is 188 Å². The smallest absolute Gasteiger partial charge is 0.164 e. The maximum atomic E-state index is 5.16. The monoisotopic (exact) mass is 705 g/mol. The van der Waals surface area contributed by atoms with Gasteiger partial charge in [-0.2, -0.15) is 0 Å². The first-order chi connectivity index (χ1) is 26.8. The molecule has 0 amide bonds. The quantitative estimate of drug-likeness (QED) is 0.179. The first-order valence-corrected chi connectivity index (χ1v) is 19.1. The number of nitrogens with zero attached hydrogens (tertiary/aromatic N) is 3. The molecule has 4 heteroatoms. The van der Waals surface area contributed by atoms with Crippen LogP contribution in [0.3, 0.4) is 0 Å². The Kier molecular flexibility index (Phi) is 6.94. The summed E-state index contributed by atoms with van der Waals surface area (Å²) in [7, 11) is 0. The predicted octanol–water partition coefficient (Wildman–Crippen LogP) is 12.6. The summed E-state index contributed by atoms with van der Waals surface area (Å²) in [5, 5.41) is 0. The summed E-state index contributed by atoms with van der Waals surface area (Å²) < 4.78 is 0. The minimum absolute atomic E-state index is 0.505. The molecule has 2 aliphatic carbocycles. The van der Waals surface area contributed by atoms with Crippen LogP contribution < -0.4 is 0 Å². The van der Waals surface area contributed by atoms with Crippen LogP contribution in [0.1, 0.15) is 22.3 Å². The van der Waals surface area contributed by atoms with Crippen molar-refractivity contribution >= 4 is 11.3 Å². The van der Waals surface area contributed by atoms with E-state index < -0.39 is 5.41 Å². The molecule has 0 unspecified atom stereocenters. The second-order valence-electron chi connectivity index (χ2n) is 13.9. The zero-order valence-corrected chi connectivity index (χ0v) is 30.0. The topological polar surface area (TPSA) is 38.7 Å². The van der Waals surface area contributed by atoms with Crippen LogP contribution in [0, 0.1) is 0 Å². The highest BCUT2D eigenvalue weighted by Crippen LogP contribution is 2.68. The van der Waals surface area contributed by atoms with Crippen molar-refractivity contribution in [3.8, 4) is 77.3 Å². The van der Waals surface area contributed by atoms with Crippen LogP contribution in [0.2, 0.25) is 0 Å². The second-order valence-corrected chi connectivity index (χ2v) is 14.9. The second kappa shape index (κ2) is 12.2. The van der Waals surface area contributed by atoms with E-state index in [1.54, 1.807) is 0 Å². The third-order valence-corrected chi connectivity index (χ3v) is 12.2. The van der Waals surface area contributed by atoms with E-state index in [1.807, 2.05) is 47.7 Å². The molecule has 1 spiro atoms. The van der Waals surface area contributed by atoms with Crippen molar-refractivity contribution in [3.05, 3.63) is 210 Å². The molecule has 11 rings (SSSR count). The zero-order valence-electron chi connectivity index (χ0n) is 29.1. The maximum absolute atomic E-state index is 5.16. The Morgan fingerprint density at radius 1 is 0.333 bits per heavy atom. The van der Waals surface area contributed by atoms with Crippen molar-refractivity contribution in [3.63, 3.8) is 0 Å². The summed E-state index contributed by atoms with van der Waals surface area (Å²) in [6.07, 6.45) is 0. The summed E-state index contributed by atoms with van der Waals surface area (Å²) in [6, 6.07) is 67.2. The summed E-state index contributed by atoms with van der Waals surface area (Å²) in [5.74, 6) is 1.96. The van der Waals surface area contributed by atoms with Crippen molar-refractivity contribution < 1.29 is 0 Å². The van der Waals surface area contributed by atoms with Crippen LogP contribution in [0.4, 0.5) is 0 Å². The van der Waals surface area contributed by atoms with Gasteiger partial charge in [0.2, 0.25) is 0 Å². The summed E-state index contributed by atoms with van der Waals surface area (Å²) in [6.45, 7) is 0. The highest BCUT2D eigenvalue weighted by Gasteiger charge is 2.54. The lowest BCUT2D eigenvalue weighted by Crippen LogP contribution is -2.26. The van der Waals surface area contributed by atoms with Crippen molar-refractivity contribution in [2.45, 2.75) is 5.41 Å². The van der Waals surface area contributed by atoms with Crippen LogP contribution in [0.25, 0.3) is 77.3 Å². The predicted molar refractivity (Wildman–Crippen MR) is 221 cm³/mol. The van der Waals surface area contributed by atoms with Gasteiger partial charge in [0.15, 0.2) is 17.5 Å². The molecule has 0 aliphatic heterocycles. The van der Waals surface area contributed by atoms with E-state index in [1.165, 1.54) is 65.4 Å². The minimum atomic E-state index is -0.505. The molecule has 7 aromatic carbocycles. The Hall–Kier alpha value is -6.75. The average Bonchev–Trinajstić information content (AvgIpc) is 3.89. The fourth-order valence-corrected chi connectivity index (χ4v) is 10.1. The van der Waals surface area contributed by atoms with Gasteiger partial charge in [0.25, 0.3) is 0 Å². The molecule has 252 valence electrons. The molecule has 0 atom stereocenters. The van der Waals surface area contributed by atoms with Gasteiger partial charge in [-0.25, -0.2) is 15.0 Å². The van der Waals surface area contributed by atoms with Crippen LogP contribution in [0.5, 0.6) is 0 Å². The van der Waals surface area contributed by atoms with Gasteiger partial charge in [-0.3, -0.25) is 0 Å². The van der Waals surface area contributed by atoms with E-state index in [0.717, 1.165) is 16.7 Å². The third kappa shape index (κ3) is 4.50. The molecule has 0 radical (unpaired) electrons. The van der Waals surface area contributed by atoms with E-state index in [-0.39, 0.29) is 0 Å². The van der Waals surface area contributed by atoms with Crippen molar-refractivity contribution in [2.24, 2.45) is 0 Å². The molecular formula is C50H31N3S. The number of fused-ring (bicyclic) bond motifs is 10. The molecule has 0 saturated carbocycles. The number of thiophene rings is 1. The van der Waals surface area contributed by atoms with Crippen LogP contribution in [-0.2, 0) is 5.41 Å². The van der Waals surface area contributed by atoms with E-state index >= 15 is 0 Å². The molecule has 0 saturated heterocycles. The Morgan fingerprint density at radius 2 is 0.741 bits per heavy atom. The van der Waals surface area contributed by atoms with Gasteiger partial charge in [-0.1, -0.05) is 182 Å². The molecule has 9 aromatic rings. The Balaban J connectivity index is 1.24. The first kappa shape index (κ1) is 30.8. The van der Waals surface area contributed by atoms with Gasteiger partial charge in [-0.15, -0.1) is 11.3 Å². The average molecular weight is 706 g/mol. The highest BCUT2D eigenvalue weighted by molar-refractivity contribution is 7.19. The normalized spacial score (nSPS) is 13.0. The molecule has 2 heterocycles. The lowest BCUT2D eigenvalue weighted by Gasteiger charge is -2.31. The zero-order chi connectivity index (χ0) is 35.6. The standard InChI is InChI=1S/C50H31N3S/c1-5-17-32(18-6-1)45-43-39-31-36(49-52-47(34-21-9-3-10-22-34)51-48(53-49)35-23-11-4-12-24-35)29-30-42(39)50(44(43)46(54-45)33-19-7-2-8-20-33)40-27-15-13-25-37(40)38-26-14-16-28-41(38)50/h1-31H. The Labute approximate surface area is 318 Å². The Bertz CT molecular complexity index is 2760. The van der Waals surface area contributed by atoms with E-state index in [0.29, 0.717) is 17.5 Å². The maximum Gasteiger partial charge on any atom is 0.164 e. The van der Waals surface area contributed by atoms with E-state index in [9.17, 15) is 0 Å². The molecule has 2 aromatic heterocycles. The van der Waals surface area contributed by atoms with Crippen molar-refractivity contribution in [2.75, 3.05) is 0 Å². The summed E-state index contributed by atoms with van der Waals surface area (Å²) in [4.78, 5) is 17.9. The molecule has 3 nitrogen and oxygen atoms in total. The van der Waals surface area contributed by atoms with Gasteiger partial charge in [0, 0.05) is 32.0 Å². The third-order valence-electron chi connectivity index (χ3n) is 11.0. The number of hydrogen-bond donors (Lipinski definition) is 0. The Morgan fingerprint density at radius 3 is 1.26 bits per heavy atom. The fourth-order valence-electron chi connectivity index (χ4n) is 8.72. The molecule has 0 N–H and O–H groups in total. The SMILES string of the molecule is c1ccc(-c2nc(-c3ccccc3)nc(-c3ccc4c(c3)-c3c(-c5ccccc5)sc(-c5ccccc5)c3C43c4ccccc4-c4ccccc43)n2)cc1. The van der Waals surface area contributed by atoms with E-state index in [4.69, 9.17) is 15.0 Å². The van der Waals surface area contributed by atoms with Gasteiger partial charge < -0.3 is 0 Å². The van der Waals surface area contributed by atoms with Crippen molar-refractivity contribution in [1.29, 1.82) is 0 Å². The van der Waals surface area contributed by atoms with Gasteiger partial charge in [-0.05, 0) is 56.1 Å². The molecule has 54 heavy (non-hydrogen) atoms. The lowest BCUT2D eigenvalue weighted by atomic mass is 9.70.